The standard InChI is InChI=1S/C11H21NO2/c1-11(2,8-12)7-10(13)9-3-5-14-6-4-9/h9H,3-8,12H2,1-2H3. The molecule has 1 aliphatic rings. The van der Waals surface area contributed by atoms with Crippen molar-refractivity contribution in [2.45, 2.75) is 33.1 Å². The highest BCUT2D eigenvalue weighted by Gasteiger charge is 2.27. The first kappa shape index (κ1) is 11.7. The van der Waals surface area contributed by atoms with Gasteiger partial charge in [0, 0.05) is 25.6 Å². The summed E-state index contributed by atoms with van der Waals surface area (Å²) in [5.41, 5.74) is 5.56. The lowest BCUT2D eigenvalue weighted by Crippen LogP contribution is -2.31. The highest BCUT2D eigenvalue weighted by molar-refractivity contribution is 5.81. The first-order valence-corrected chi connectivity index (χ1v) is 5.36. The molecule has 0 aromatic rings. The summed E-state index contributed by atoms with van der Waals surface area (Å²) in [5.74, 6) is 0.582. The zero-order valence-electron chi connectivity index (χ0n) is 9.21. The van der Waals surface area contributed by atoms with E-state index in [1.54, 1.807) is 0 Å². The summed E-state index contributed by atoms with van der Waals surface area (Å²) >= 11 is 0. The molecule has 3 nitrogen and oxygen atoms in total. The summed E-state index contributed by atoms with van der Waals surface area (Å²) in [6.07, 6.45) is 2.38. The molecule has 2 N–H and O–H groups in total. The van der Waals surface area contributed by atoms with E-state index in [4.69, 9.17) is 10.5 Å². The number of ketones is 1. The van der Waals surface area contributed by atoms with Crippen LogP contribution in [0.4, 0.5) is 0 Å². The predicted molar refractivity (Wildman–Crippen MR) is 56.0 cm³/mol. The highest BCUT2D eigenvalue weighted by Crippen LogP contribution is 2.25. The van der Waals surface area contributed by atoms with Gasteiger partial charge in [-0.2, -0.15) is 0 Å². The van der Waals surface area contributed by atoms with Crippen molar-refractivity contribution in [2.75, 3.05) is 19.8 Å². The predicted octanol–water partition coefficient (Wildman–Crippen LogP) is 1.36. The topological polar surface area (TPSA) is 52.3 Å². The van der Waals surface area contributed by atoms with Gasteiger partial charge in [-0.1, -0.05) is 13.8 Å². The normalized spacial score (nSPS) is 19.6. The molecule has 0 atom stereocenters. The number of hydrogen-bond acceptors (Lipinski definition) is 3. The van der Waals surface area contributed by atoms with Crippen molar-refractivity contribution < 1.29 is 9.53 Å². The van der Waals surface area contributed by atoms with Crippen LogP contribution in [-0.4, -0.2) is 25.5 Å². The molecular weight excluding hydrogens is 178 g/mol. The number of ether oxygens (including phenoxy) is 1. The average Bonchev–Trinajstić information content (AvgIpc) is 2.19. The second kappa shape index (κ2) is 4.89. The molecule has 0 radical (unpaired) electrons. The second-order valence-electron chi connectivity index (χ2n) is 4.90. The van der Waals surface area contributed by atoms with Crippen LogP contribution in [-0.2, 0) is 9.53 Å². The third kappa shape index (κ3) is 3.39. The highest BCUT2D eigenvalue weighted by atomic mass is 16.5. The third-order valence-electron chi connectivity index (χ3n) is 2.88. The minimum atomic E-state index is -0.0462. The molecule has 0 unspecified atom stereocenters. The largest absolute Gasteiger partial charge is 0.381 e. The van der Waals surface area contributed by atoms with Crippen molar-refractivity contribution in [3.05, 3.63) is 0 Å². The van der Waals surface area contributed by atoms with Gasteiger partial charge in [0.25, 0.3) is 0 Å². The summed E-state index contributed by atoms with van der Waals surface area (Å²) in [5, 5.41) is 0. The van der Waals surface area contributed by atoms with Crippen molar-refractivity contribution in [3.63, 3.8) is 0 Å². The SMILES string of the molecule is CC(C)(CN)CC(=O)C1CCOCC1. The maximum Gasteiger partial charge on any atom is 0.136 e. The van der Waals surface area contributed by atoms with Crippen molar-refractivity contribution in [2.24, 2.45) is 17.1 Å². The number of carbonyl (C=O) groups excluding carboxylic acids is 1. The fraction of sp³-hybridized carbons (Fsp3) is 0.909. The van der Waals surface area contributed by atoms with E-state index in [9.17, 15) is 4.79 Å². The van der Waals surface area contributed by atoms with Crippen LogP contribution in [0, 0.1) is 11.3 Å². The second-order valence-corrected chi connectivity index (χ2v) is 4.90. The fourth-order valence-electron chi connectivity index (χ4n) is 1.71. The summed E-state index contributed by atoms with van der Waals surface area (Å²) < 4.78 is 5.23. The molecule has 0 aliphatic carbocycles. The van der Waals surface area contributed by atoms with Crippen LogP contribution in [0.3, 0.4) is 0 Å². The van der Waals surface area contributed by atoms with Crippen LogP contribution in [0.2, 0.25) is 0 Å². The van der Waals surface area contributed by atoms with Crippen LogP contribution < -0.4 is 5.73 Å². The van der Waals surface area contributed by atoms with Crippen LogP contribution in [0.25, 0.3) is 0 Å². The summed E-state index contributed by atoms with van der Waals surface area (Å²) in [7, 11) is 0. The molecule has 0 saturated carbocycles. The maximum atomic E-state index is 11.9. The molecule has 0 aromatic carbocycles. The summed E-state index contributed by atoms with van der Waals surface area (Å²) in [6, 6.07) is 0. The monoisotopic (exact) mass is 199 g/mol. The number of carbonyl (C=O) groups is 1. The maximum absolute atomic E-state index is 11.9. The Bertz CT molecular complexity index is 195. The molecule has 1 saturated heterocycles. The van der Waals surface area contributed by atoms with E-state index in [2.05, 4.69) is 0 Å². The van der Waals surface area contributed by atoms with Crippen molar-refractivity contribution in [1.82, 2.24) is 0 Å². The molecule has 82 valence electrons. The van der Waals surface area contributed by atoms with Gasteiger partial charge in [-0.25, -0.2) is 0 Å². The molecule has 1 fully saturated rings. The minimum absolute atomic E-state index is 0.0462. The molecule has 1 rings (SSSR count). The van der Waals surface area contributed by atoms with Gasteiger partial charge in [0.1, 0.15) is 5.78 Å². The van der Waals surface area contributed by atoms with E-state index >= 15 is 0 Å². The Hall–Kier alpha value is -0.410. The van der Waals surface area contributed by atoms with Gasteiger partial charge in [0.15, 0.2) is 0 Å². The van der Waals surface area contributed by atoms with Gasteiger partial charge in [0.2, 0.25) is 0 Å². The van der Waals surface area contributed by atoms with Crippen LogP contribution >= 0.6 is 0 Å². The Morgan fingerprint density at radius 3 is 2.50 bits per heavy atom. The summed E-state index contributed by atoms with van der Waals surface area (Å²) in [6.45, 7) is 6.13. The molecular formula is C11H21NO2. The van der Waals surface area contributed by atoms with E-state index in [1.807, 2.05) is 13.8 Å². The van der Waals surface area contributed by atoms with E-state index in [0.29, 0.717) is 18.7 Å². The van der Waals surface area contributed by atoms with Crippen molar-refractivity contribution in [3.8, 4) is 0 Å². The van der Waals surface area contributed by atoms with Gasteiger partial charge in [-0.05, 0) is 24.8 Å². The Kier molecular flexibility index (Phi) is 4.08. The lowest BCUT2D eigenvalue weighted by atomic mass is 9.82. The Labute approximate surface area is 86.0 Å². The van der Waals surface area contributed by atoms with Gasteiger partial charge >= 0.3 is 0 Å². The Morgan fingerprint density at radius 1 is 1.43 bits per heavy atom. The van der Waals surface area contributed by atoms with Crippen LogP contribution in [0.1, 0.15) is 33.1 Å². The number of rotatable bonds is 4. The molecule has 0 bridgehead atoms. The smallest absolute Gasteiger partial charge is 0.136 e. The molecule has 0 aromatic heterocycles. The molecule has 14 heavy (non-hydrogen) atoms. The van der Waals surface area contributed by atoms with Crippen LogP contribution in [0.5, 0.6) is 0 Å². The van der Waals surface area contributed by atoms with Gasteiger partial charge < -0.3 is 10.5 Å². The third-order valence-corrected chi connectivity index (χ3v) is 2.88. The first-order chi connectivity index (χ1) is 6.55. The van der Waals surface area contributed by atoms with E-state index in [-0.39, 0.29) is 11.3 Å². The van der Waals surface area contributed by atoms with Gasteiger partial charge in [-0.3, -0.25) is 4.79 Å². The number of hydrogen-bond donors (Lipinski definition) is 1. The van der Waals surface area contributed by atoms with Crippen molar-refractivity contribution in [1.29, 1.82) is 0 Å². The molecule has 1 heterocycles. The zero-order valence-corrected chi connectivity index (χ0v) is 9.21. The van der Waals surface area contributed by atoms with E-state index in [0.717, 1.165) is 26.1 Å². The molecule has 0 amide bonds. The number of Topliss-reactive ketones (excluding diaryl/α,β-unsaturated/α-hetero) is 1. The van der Waals surface area contributed by atoms with E-state index < -0.39 is 0 Å². The Morgan fingerprint density at radius 2 is 2.00 bits per heavy atom. The Balaban J connectivity index is 2.40. The lowest BCUT2D eigenvalue weighted by molar-refractivity contribution is -0.127. The first-order valence-electron chi connectivity index (χ1n) is 5.36. The molecule has 3 heteroatoms. The summed E-state index contributed by atoms with van der Waals surface area (Å²) in [4.78, 5) is 11.9. The fourth-order valence-corrected chi connectivity index (χ4v) is 1.71. The lowest BCUT2D eigenvalue weighted by Gasteiger charge is -2.26. The number of nitrogens with two attached hydrogens (primary N) is 1. The van der Waals surface area contributed by atoms with Gasteiger partial charge in [0.05, 0.1) is 0 Å². The van der Waals surface area contributed by atoms with Crippen LogP contribution in [0.15, 0.2) is 0 Å². The zero-order chi connectivity index (χ0) is 10.6. The van der Waals surface area contributed by atoms with Crippen molar-refractivity contribution >= 4 is 5.78 Å². The molecule has 0 spiro atoms. The minimum Gasteiger partial charge on any atom is -0.381 e. The average molecular weight is 199 g/mol. The molecule has 1 aliphatic heterocycles. The van der Waals surface area contributed by atoms with E-state index in [1.165, 1.54) is 0 Å². The quantitative estimate of drug-likeness (QED) is 0.743. The van der Waals surface area contributed by atoms with Gasteiger partial charge in [-0.15, -0.1) is 0 Å².